The summed E-state index contributed by atoms with van der Waals surface area (Å²) in [6.07, 6.45) is 1.00. The maximum Gasteiger partial charge on any atom is 0.142 e. The van der Waals surface area contributed by atoms with Gasteiger partial charge in [0.2, 0.25) is 0 Å². The minimum atomic E-state index is 0.367. The van der Waals surface area contributed by atoms with Crippen LogP contribution in [0.3, 0.4) is 0 Å². The second kappa shape index (κ2) is 3.26. The smallest absolute Gasteiger partial charge is 0.142 e. The molecule has 0 saturated heterocycles. The first-order chi connectivity index (χ1) is 6.35. The molecule has 0 amide bonds. The Hall–Kier alpha value is -1.22. The fraction of sp³-hybridized carbons (Fsp3) is 0.400. The van der Waals surface area contributed by atoms with Crippen molar-refractivity contribution in [3.05, 3.63) is 23.8 Å². The van der Waals surface area contributed by atoms with Gasteiger partial charge < -0.3 is 15.8 Å². The molecule has 1 aliphatic rings. The molecular weight excluding hydrogens is 164 g/mol. The zero-order chi connectivity index (χ0) is 9.26. The van der Waals surface area contributed by atoms with Gasteiger partial charge in [0, 0.05) is 12.6 Å². The van der Waals surface area contributed by atoms with E-state index in [1.54, 1.807) is 7.11 Å². The van der Waals surface area contributed by atoms with E-state index in [1.165, 1.54) is 5.56 Å². The Kier molecular flexibility index (Phi) is 2.10. The number of nitrogens with two attached hydrogens (primary N) is 1. The maximum atomic E-state index is 5.60. The molecule has 1 atom stereocenters. The van der Waals surface area contributed by atoms with Crippen molar-refractivity contribution in [3.8, 4) is 5.75 Å². The van der Waals surface area contributed by atoms with Gasteiger partial charge in [-0.2, -0.15) is 0 Å². The number of nitrogens with one attached hydrogen (secondary N) is 1. The third-order valence-corrected chi connectivity index (χ3v) is 2.43. The van der Waals surface area contributed by atoms with E-state index in [0.29, 0.717) is 12.6 Å². The SMILES string of the molecule is COc1cccc2c1NC(CN)C2. The van der Waals surface area contributed by atoms with Crippen molar-refractivity contribution in [1.82, 2.24) is 0 Å². The fourth-order valence-corrected chi connectivity index (χ4v) is 1.74. The normalized spacial score (nSPS) is 19.4. The van der Waals surface area contributed by atoms with Gasteiger partial charge in [0.05, 0.1) is 12.8 Å². The highest BCUT2D eigenvalue weighted by atomic mass is 16.5. The Balaban J connectivity index is 2.33. The van der Waals surface area contributed by atoms with Crippen molar-refractivity contribution < 1.29 is 4.74 Å². The molecule has 2 rings (SSSR count). The number of fused-ring (bicyclic) bond motifs is 1. The standard InChI is InChI=1S/C10H14N2O/c1-13-9-4-2-3-7-5-8(6-11)12-10(7)9/h2-4,8,12H,5-6,11H2,1H3. The molecule has 0 bridgehead atoms. The molecule has 0 radical (unpaired) electrons. The average Bonchev–Trinajstić information content (AvgIpc) is 2.59. The third-order valence-electron chi connectivity index (χ3n) is 2.43. The molecular formula is C10H14N2O. The number of para-hydroxylation sites is 1. The summed E-state index contributed by atoms with van der Waals surface area (Å²) in [6.45, 7) is 0.665. The first-order valence-electron chi connectivity index (χ1n) is 4.47. The number of methoxy groups -OCH3 is 1. The van der Waals surface area contributed by atoms with Crippen molar-refractivity contribution in [2.24, 2.45) is 5.73 Å². The highest BCUT2D eigenvalue weighted by molar-refractivity contribution is 5.66. The van der Waals surface area contributed by atoms with Gasteiger partial charge in [-0.3, -0.25) is 0 Å². The molecule has 3 nitrogen and oxygen atoms in total. The summed E-state index contributed by atoms with van der Waals surface area (Å²) in [5.41, 5.74) is 8.01. The summed E-state index contributed by atoms with van der Waals surface area (Å²) >= 11 is 0. The molecule has 1 unspecified atom stereocenters. The van der Waals surface area contributed by atoms with Crippen LogP contribution in [-0.2, 0) is 6.42 Å². The molecule has 1 aromatic carbocycles. The van der Waals surface area contributed by atoms with Crippen molar-refractivity contribution in [1.29, 1.82) is 0 Å². The first kappa shape index (κ1) is 8.38. The van der Waals surface area contributed by atoms with Crippen LogP contribution in [0.15, 0.2) is 18.2 Å². The number of hydrogen-bond acceptors (Lipinski definition) is 3. The minimum Gasteiger partial charge on any atom is -0.495 e. The van der Waals surface area contributed by atoms with Gasteiger partial charge in [0.15, 0.2) is 0 Å². The Bertz CT molecular complexity index is 312. The van der Waals surface area contributed by atoms with E-state index >= 15 is 0 Å². The fourth-order valence-electron chi connectivity index (χ4n) is 1.74. The summed E-state index contributed by atoms with van der Waals surface area (Å²) in [5, 5.41) is 3.35. The van der Waals surface area contributed by atoms with Gasteiger partial charge in [-0.15, -0.1) is 0 Å². The van der Waals surface area contributed by atoms with E-state index in [2.05, 4.69) is 11.4 Å². The van der Waals surface area contributed by atoms with Crippen LogP contribution in [0.5, 0.6) is 5.75 Å². The van der Waals surface area contributed by atoms with Gasteiger partial charge in [0.1, 0.15) is 5.75 Å². The summed E-state index contributed by atoms with van der Waals surface area (Å²) < 4.78 is 5.25. The minimum absolute atomic E-state index is 0.367. The lowest BCUT2D eigenvalue weighted by molar-refractivity contribution is 0.416. The Morgan fingerprint density at radius 3 is 3.15 bits per heavy atom. The van der Waals surface area contributed by atoms with Crippen LogP contribution in [0.25, 0.3) is 0 Å². The van der Waals surface area contributed by atoms with Crippen LogP contribution in [-0.4, -0.2) is 19.7 Å². The second-order valence-corrected chi connectivity index (χ2v) is 3.28. The maximum absolute atomic E-state index is 5.60. The first-order valence-corrected chi connectivity index (χ1v) is 4.47. The molecule has 0 aliphatic carbocycles. The van der Waals surface area contributed by atoms with E-state index in [1.807, 2.05) is 12.1 Å². The van der Waals surface area contributed by atoms with Crippen LogP contribution in [0.1, 0.15) is 5.56 Å². The van der Waals surface area contributed by atoms with Crippen LogP contribution in [0.2, 0.25) is 0 Å². The summed E-state index contributed by atoms with van der Waals surface area (Å²) in [5.74, 6) is 0.911. The topological polar surface area (TPSA) is 47.3 Å². The van der Waals surface area contributed by atoms with Crippen LogP contribution in [0.4, 0.5) is 5.69 Å². The van der Waals surface area contributed by atoms with Gasteiger partial charge >= 0.3 is 0 Å². The molecule has 0 spiro atoms. The predicted octanol–water partition coefficient (Wildman–Crippen LogP) is 0.990. The van der Waals surface area contributed by atoms with Crippen molar-refractivity contribution in [2.75, 3.05) is 19.0 Å². The zero-order valence-electron chi connectivity index (χ0n) is 7.71. The molecule has 0 fully saturated rings. The third kappa shape index (κ3) is 1.35. The molecule has 3 heteroatoms. The quantitative estimate of drug-likeness (QED) is 0.710. The number of rotatable bonds is 2. The highest BCUT2D eigenvalue weighted by Gasteiger charge is 2.21. The number of anilines is 1. The van der Waals surface area contributed by atoms with Crippen molar-refractivity contribution in [3.63, 3.8) is 0 Å². The molecule has 70 valence electrons. The number of ether oxygens (including phenoxy) is 1. The average molecular weight is 178 g/mol. The van der Waals surface area contributed by atoms with Gasteiger partial charge in [-0.1, -0.05) is 12.1 Å². The van der Waals surface area contributed by atoms with Gasteiger partial charge in [0.25, 0.3) is 0 Å². The molecule has 3 N–H and O–H groups in total. The monoisotopic (exact) mass is 178 g/mol. The second-order valence-electron chi connectivity index (χ2n) is 3.28. The Labute approximate surface area is 77.9 Å². The van der Waals surface area contributed by atoms with E-state index < -0.39 is 0 Å². The summed E-state index contributed by atoms with van der Waals surface area (Å²) in [6, 6.07) is 6.45. The predicted molar refractivity (Wildman–Crippen MR) is 53.2 cm³/mol. The number of hydrogen-bond donors (Lipinski definition) is 2. The Morgan fingerprint density at radius 2 is 2.46 bits per heavy atom. The molecule has 1 heterocycles. The Morgan fingerprint density at radius 1 is 1.62 bits per heavy atom. The van der Waals surface area contributed by atoms with Crippen LogP contribution < -0.4 is 15.8 Å². The van der Waals surface area contributed by atoms with Gasteiger partial charge in [-0.05, 0) is 18.1 Å². The van der Waals surface area contributed by atoms with Gasteiger partial charge in [-0.25, -0.2) is 0 Å². The molecule has 1 aromatic rings. The van der Waals surface area contributed by atoms with E-state index in [0.717, 1.165) is 17.9 Å². The number of benzene rings is 1. The highest BCUT2D eigenvalue weighted by Crippen LogP contribution is 2.34. The summed E-state index contributed by atoms with van der Waals surface area (Å²) in [4.78, 5) is 0. The van der Waals surface area contributed by atoms with E-state index in [9.17, 15) is 0 Å². The van der Waals surface area contributed by atoms with Crippen LogP contribution in [0, 0.1) is 0 Å². The lowest BCUT2D eigenvalue weighted by Crippen LogP contribution is -2.25. The molecule has 1 aliphatic heterocycles. The lowest BCUT2D eigenvalue weighted by Gasteiger charge is -2.09. The van der Waals surface area contributed by atoms with Crippen molar-refractivity contribution >= 4 is 5.69 Å². The summed E-state index contributed by atoms with van der Waals surface area (Å²) in [7, 11) is 1.69. The molecule has 0 aromatic heterocycles. The van der Waals surface area contributed by atoms with E-state index in [4.69, 9.17) is 10.5 Å². The zero-order valence-corrected chi connectivity index (χ0v) is 7.71. The molecule has 13 heavy (non-hydrogen) atoms. The largest absolute Gasteiger partial charge is 0.495 e. The van der Waals surface area contributed by atoms with Crippen molar-refractivity contribution in [2.45, 2.75) is 12.5 Å². The molecule has 0 saturated carbocycles. The van der Waals surface area contributed by atoms with Crippen LogP contribution >= 0.6 is 0 Å². The lowest BCUT2D eigenvalue weighted by atomic mass is 10.1. The van der Waals surface area contributed by atoms with E-state index in [-0.39, 0.29) is 0 Å².